The first kappa shape index (κ1) is 15.5. The maximum atomic E-state index is 11.5. The van der Waals surface area contributed by atoms with Gasteiger partial charge in [-0.25, -0.2) is 4.79 Å². The summed E-state index contributed by atoms with van der Waals surface area (Å²) in [5.74, 6) is -0.490. The molecule has 4 nitrogen and oxygen atoms in total. The van der Waals surface area contributed by atoms with Gasteiger partial charge in [-0.3, -0.25) is 0 Å². The molecule has 0 amide bonds. The Balaban J connectivity index is 2.38. The van der Waals surface area contributed by atoms with Crippen LogP contribution in [0.5, 0.6) is 5.75 Å². The number of para-hydroxylation sites is 2. The Hall–Kier alpha value is -1.91. The number of halogens is 2. The molecule has 0 aliphatic rings. The third-order valence-corrected chi connectivity index (χ3v) is 3.31. The first-order valence-corrected chi connectivity index (χ1v) is 6.85. The number of hydrogen-bond acceptors (Lipinski definition) is 3. The summed E-state index contributed by atoms with van der Waals surface area (Å²) < 4.78 is 5.20. The Morgan fingerprint density at radius 1 is 1.19 bits per heavy atom. The molecule has 21 heavy (non-hydrogen) atoms. The van der Waals surface area contributed by atoms with Crippen LogP contribution in [0.2, 0.25) is 10.0 Å². The van der Waals surface area contributed by atoms with Gasteiger partial charge < -0.3 is 15.2 Å². The summed E-state index contributed by atoms with van der Waals surface area (Å²) in [6, 6.07) is 10.8. The van der Waals surface area contributed by atoms with Gasteiger partial charge in [0.15, 0.2) is 6.04 Å². The summed E-state index contributed by atoms with van der Waals surface area (Å²) in [6.45, 7) is 0. The molecule has 0 fully saturated rings. The van der Waals surface area contributed by atoms with Gasteiger partial charge >= 0.3 is 5.97 Å². The second-order valence-corrected chi connectivity index (χ2v) is 5.19. The van der Waals surface area contributed by atoms with E-state index in [9.17, 15) is 9.90 Å². The molecule has 0 saturated carbocycles. The van der Waals surface area contributed by atoms with Crippen molar-refractivity contribution in [3.63, 3.8) is 0 Å². The van der Waals surface area contributed by atoms with E-state index in [0.29, 0.717) is 27.0 Å². The lowest BCUT2D eigenvalue weighted by molar-refractivity contribution is -0.138. The van der Waals surface area contributed by atoms with Crippen molar-refractivity contribution in [2.45, 2.75) is 6.04 Å². The van der Waals surface area contributed by atoms with Crippen molar-refractivity contribution in [1.82, 2.24) is 0 Å². The number of nitrogens with one attached hydrogen (secondary N) is 1. The summed E-state index contributed by atoms with van der Waals surface area (Å²) >= 11 is 11.9. The summed E-state index contributed by atoms with van der Waals surface area (Å²) in [6.07, 6.45) is 0. The highest BCUT2D eigenvalue weighted by atomic mass is 35.5. The Morgan fingerprint density at radius 3 is 2.38 bits per heavy atom. The van der Waals surface area contributed by atoms with Crippen molar-refractivity contribution in [1.29, 1.82) is 0 Å². The second kappa shape index (κ2) is 6.70. The third-order valence-electron chi connectivity index (χ3n) is 2.87. The van der Waals surface area contributed by atoms with E-state index in [0.717, 1.165) is 0 Å². The minimum atomic E-state index is -1.04. The number of hydrogen-bond donors (Lipinski definition) is 2. The van der Waals surface area contributed by atoms with Gasteiger partial charge in [0.1, 0.15) is 5.75 Å². The number of carboxylic acid groups (broad SMARTS) is 1. The first-order chi connectivity index (χ1) is 10.0. The zero-order valence-electron chi connectivity index (χ0n) is 11.1. The predicted molar refractivity (Wildman–Crippen MR) is 83.5 cm³/mol. The van der Waals surface area contributed by atoms with E-state index >= 15 is 0 Å². The van der Waals surface area contributed by atoms with E-state index in [1.54, 1.807) is 42.5 Å². The van der Waals surface area contributed by atoms with Crippen molar-refractivity contribution < 1.29 is 14.6 Å². The Bertz CT molecular complexity index is 641. The third kappa shape index (κ3) is 3.80. The van der Waals surface area contributed by atoms with Crippen molar-refractivity contribution in [3.8, 4) is 5.75 Å². The molecule has 0 radical (unpaired) electrons. The Labute approximate surface area is 132 Å². The molecule has 2 N–H and O–H groups in total. The Kier molecular flexibility index (Phi) is 4.94. The van der Waals surface area contributed by atoms with Crippen LogP contribution < -0.4 is 10.1 Å². The van der Waals surface area contributed by atoms with E-state index < -0.39 is 12.0 Å². The number of anilines is 1. The zero-order chi connectivity index (χ0) is 15.4. The molecule has 0 saturated heterocycles. The second-order valence-electron chi connectivity index (χ2n) is 4.32. The largest absolute Gasteiger partial charge is 0.495 e. The Morgan fingerprint density at radius 2 is 1.81 bits per heavy atom. The highest BCUT2D eigenvalue weighted by Gasteiger charge is 2.21. The van der Waals surface area contributed by atoms with Crippen LogP contribution >= 0.6 is 23.2 Å². The first-order valence-electron chi connectivity index (χ1n) is 6.09. The molecule has 1 atom stereocenters. The van der Waals surface area contributed by atoms with Crippen LogP contribution in [0.25, 0.3) is 0 Å². The average molecular weight is 326 g/mol. The number of aliphatic carboxylic acids is 1. The molecule has 0 spiro atoms. The molecule has 0 aliphatic carbocycles. The van der Waals surface area contributed by atoms with Gasteiger partial charge in [0, 0.05) is 10.0 Å². The molecule has 110 valence electrons. The lowest BCUT2D eigenvalue weighted by atomic mass is 10.1. The zero-order valence-corrected chi connectivity index (χ0v) is 12.7. The van der Waals surface area contributed by atoms with Gasteiger partial charge in [-0.15, -0.1) is 0 Å². The number of benzene rings is 2. The SMILES string of the molecule is COc1ccccc1NC(C(=O)O)c1cc(Cl)cc(Cl)c1. The quantitative estimate of drug-likeness (QED) is 0.863. The number of methoxy groups -OCH3 is 1. The van der Waals surface area contributed by atoms with Gasteiger partial charge in [-0.05, 0) is 35.9 Å². The molecule has 2 aromatic carbocycles. The van der Waals surface area contributed by atoms with Crippen LogP contribution in [-0.2, 0) is 4.79 Å². The molecule has 0 aliphatic heterocycles. The smallest absolute Gasteiger partial charge is 0.330 e. The highest BCUT2D eigenvalue weighted by Crippen LogP contribution is 2.30. The maximum Gasteiger partial charge on any atom is 0.330 e. The van der Waals surface area contributed by atoms with Gasteiger partial charge in [0.2, 0.25) is 0 Å². The van der Waals surface area contributed by atoms with Crippen molar-refractivity contribution in [2.75, 3.05) is 12.4 Å². The van der Waals surface area contributed by atoms with Crippen molar-refractivity contribution in [2.24, 2.45) is 0 Å². The summed E-state index contributed by atoms with van der Waals surface area (Å²) in [5, 5.41) is 13.1. The lowest BCUT2D eigenvalue weighted by Gasteiger charge is -2.18. The average Bonchev–Trinajstić information content (AvgIpc) is 2.43. The van der Waals surface area contributed by atoms with Crippen LogP contribution in [-0.4, -0.2) is 18.2 Å². The van der Waals surface area contributed by atoms with Crippen LogP contribution in [0.3, 0.4) is 0 Å². The summed E-state index contributed by atoms with van der Waals surface area (Å²) in [4.78, 5) is 11.5. The summed E-state index contributed by atoms with van der Waals surface area (Å²) in [5.41, 5.74) is 1.04. The topological polar surface area (TPSA) is 58.6 Å². The molecule has 0 bridgehead atoms. The number of carbonyl (C=O) groups is 1. The van der Waals surface area contributed by atoms with Crippen LogP contribution in [0.15, 0.2) is 42.5 Å². The van der Waals surface area contributed by atoms with Crippen LogP contribution in [0.4, 0.5) is 5.69 Å². The summed E-state index contributed by atoms with van der Waals surface area (Å²) in [7, 11) is 1.52. The van der Waals surface area contributed by atoms with E-state index in [-0.39, 0.29) is 0 Å². The normalized spacial score (nSPS) is 11.8. The van der Waals surface area contributed by atoms with Gasteiger partial charge in [0.05, 0.1) is 12.8 Å². The molecular formula is C15H13Cl2NO3. The van der Waals surface area contributed by atoms with Gasteiger partial charge in [-0.2, -0.15) is 0 Å². The molecule has 0 heterocycles. The van der Waals surface area contributed by atoms with E-state index in [2.05, 4.69) is 5.32 Å². The van der Waals surface area contributed by atoms with E-state index in [1.165, 1.54) is 7.11 Å². The monoisotopic (exact) mass is 325 g/mol. The highest BCUT2D eigenvalue weighted by molar-refractivity contribution is 6.34. The molecule has 0 aromatic heterocycles. The molecule has 2 aromatic rings. The minimum Gasteiger partial charge on any atom is -0.495 e. The molecule has 6 heteroatoms. The molecule has 2 rings (SSSR count). The number of rotatable bonds is 5. The molecule has 1 unspecified atom stereocenters. The van der Waals surface area contributed by atoms with Crippen molar-refractivity contribution in [3.05, 3.63) is 58.1 Å². The standard InChI is InChI=1S/C15H13Cl2NO3/c1-21-13-5-3-2-4-12(13)18-14(15(19)20)9-6-10(16)8-11(17)7-9/h2-8,14,18H,1H3,(H,19,20). The van der Waals surface area contributed by atoms with Gasteiger partial charge in [0.25, 0.3) is 0 Å². The number of ether oxygens (including phenoxy) is 1. The van der Waals surface area contributed by atoms with E-state index in [4.69, 9.17) is 27.9 Å². The van der Waals surface area contributed by atoms with Crippen LogP contribution in [0.1, 0.15) is 11.6 Å². The maximum absolute atomic E-state index is 11.5. The lowest BCUT2D eigenvalue weighted by Crippen LogP contribution is -2.20. The van der Waals surface area contributed by atoms with Crippen molar-refractivity contribution >= 4 is 34.9 Å². The van der Waals surface area contributed by atoms with Gasteiger partial charge in [-0.1, -0.05) is 35.3 Å². The fourth-order valence-electron chi connectivity index (χ4n) is 1.95. The predicted octanol–water partition coefficient (Wildman–Crippen LogP) is 4.24. The van der Waals surface area contributed by atoms with E-state index in [1.807, 2.05) is 0 Å². The fraction of sp³-hybridized carbons (Fsp3) is 0.133. The fourth-order valence-corrected chi connectivity index (χ4v) is 2.49. The minimum absolute atomic E-state index is 0.380. The number of carboxylic acids is 1. The molecular weight excluding hydrogens is 313 g/mol. The van der Waals surface area contributed by atoms with Crippen LogP contribution in [0, 0.1) is 0 Å².